The lowest BCUT2D eigenvalue weighted by Gasteiger charge is -2.25. The zero-order valence-electron chi connectivity index (χ0n) is 15.8. The van der Waals surface area contributed by atoms with Crippen LogP contribution < -0.4 is 5.43 Å². The summed E-state index contributed by atoms with van der Waals surface area (Å²) in [6, 6.07) is 11.4. The standard InChI is InChI=1S/C22H21NO5/c1-13-7-8-17-16(11-13)20(25)18-19(14-5-3-6-15(24)12-14)23(9-4-10-27-2)22(26)21(18)28-17/h3,5-8,11-12,19,24H,4,9-10H2,1-2H3/t19-/m0/s1. The van der Waals surface area contributed by atoms with Crippen molar-refractivity contribution in [2.75, 3.05) is 20.3 Å². The minimum Gasteiger partial charge on any atom is -0.508 e. The molecule has 1 atom stereocenters. The van der Waals surface area contributed by atoms with Gasteiger partial charge in [-0.25, -0.2) is 0 Å². The fourth-order valence-corrected chi connectivity index (χ4v) is 3.79. The summed E-state index contributed by atoms with van der Waals surface area (Å²) in [7, 11) is 1.60. The molecule has 0 spiro atoms. The van der Waals surface area contributed by atoms with Crippen LogP contribution in [0.5, 0.6) is 5.75 Å². The molecule has 0 unspecified atom stereocenters. The quantitative estimate of drug-likeness (QED) is 0.688. The summed E-state index contributed by atoms with van der Waals surface area (Å²) in [4.78, 5) is 28.1. The van der Waals surface area contributed by atoms with Crippen molar-refractivity contribution in [3.05, 3.63) is 75.1 Å². The summed E-state index contributed by atoms with van der Waals surface area (Å²) in [5, 5.41) is 10.4. The number of ether oxygens (including phenoxy) is 1. The van der Waals surface area contributed by atoms with E-state index in [0.717, 1.165) is 5.56 Å². The summed E-state index contributed by atoms with van der Waals surface area (Å²) in [5.41, 5.74) is 2.12. The predicted octanol–water partition coefficient (Wildman–Crippen LogP) is 3.39. The van der Waals surface area contributed by atoms with Gasteiger partial charge in [0.2, 0.25) is 5.76 Å². The molecule has 0 bridgehead atoms. The molecule has 1 aliphatic rings. The molecule has 3 aromatic rings. The number of benzene rings is 2. The van der Waals surface area contributed by atoms with Gasteiger partial charge in [0, 0.05) is 20.3 Å². The average Bonchev–Trinajstić information content (AvgIpc) is 2.95. The Morgan fingerprint density at radius 3 is 2.75 bits per heavy atom. The van der Waals surface area contributed by atoms with Gasteiger partial charge >= 0.3 is 0 Å². The van der Waals surface area contributed by atoms with Gasteiger partial charge in [-0.1, -0.05) is 23.8 Å². The number of hydrogen-bond donors (Lipinski definition) is 1. The van der Waals surface area contributed by atoms with Gasteiger partial charge in [-0.15, -0.1) is 0 Å². The second-order valence-corrected chi connectivity index (χ2v) is 7.02. The van der Waals surface area contributed by atoms with Crippen molar-refractivity contribution in [1.29, 1.82) is 0 Å². The van der Waals surface area contributed by atoms with Crippen molar-refractivity contribution in [1.82, 2.24) is 4.90 Å². The van der Waals surface area contributed by atoms with Crippen LogP contribution in [0.15, 0.2) is 51.7 Å². The van der Waals surface area contributed by atoms with Crippen LogP contribution in [0.2, 0.25) is 0 Å². The van der Waals surface area contributed by atoms with Crippen LogP contribution in [-0.2, 0) is 4.74 Å². The number of hydrogen-bond acceptors (Lipinski definition) is 5. The van der Waals surface area contributed by atoms with Crippen LogP contribution in [0.1, 0.15) is 39.7 Å². The largest absolute Gasteiger partial charge is 0.508 e. The van der Waals surface area contributed by atoms with E-state index in [0.29, 0.717) is 41.7 Å². The van der Waals surface area contributed by atoms with Gasteiger partial charge in [0.15, 0.2) is 5.43 Å². The number of aromatic hydroxyl groups is 1. The van der Waals surface area contributed by atoms with Gasteiger partial charge in [-0.3, -0.25) is 9.59 Å². The van der Waals surface area contributed by atoms with Gasteiger partial charge in [-0.2, -0.15) is 0 Å². The van der Waals surface area contributed by atoms with E-state index >= 15 is 0 Å². The maximum Gasteiger partial charge on any atom is 0.290 e. The number of carbonyl (C=O) groups is 1. The molecular formula is C22H21NO5. The molecule has 6 heteroatoms. The van der Waals surface area contributed by atoms with Crippen molar-refractivity contribution in [3.8, 4) is 5.75 Å². The Bertz CT molecular complexity index is 1120. The zero-order chi connectivity index (χ0) is 19.8. The highest BCUT2D eigenvalue weighted by Crippen LogP contribution is 2.39. The molecule has 0 aliphatic carbocycles. The Labute approximate surface area is 162 Å². The van der Waals surface area contributed by atoms with Crippen molar-refractivity contribution < 1.29 is 19.1 Å². The Hall–Kier alpha value is -3.12. The number of phenolic OH excluding ortho intramolecular Hbond substituents is 1. The number of phenols is 1. The first-order valence-electron chi connectivity index (χ1n) is 9.17. The van der Waals surface area contributed by atoms with Gasteiger partial charge in [-0.05, 0) is 43.2 Å². The first-order chi connectivity index (χ1) is 13.5. The van der Waals surface area contributed by atoms with Crippen LogP contribution in [0.4, 0.5) is 0 Å². The van der Waals surface area contributed by atoms with E-state index in [1.165, 1.54) is 0 Å². The molecule has 0 saturated carbocycles. The molecule has 2 heterocycles. The minimum atomic E-state index is -0.604. The molecule has 4 rings (SSSR count). The number of rotatable bonds is 5. The number of fused-ring (bicyclic) bond motifs is 2. The zero-order valence-corrected chi connectivity index (χ0v) is 15.8. The lowest BCUT2D eigenvalue weighted by atomic mass is 9.98. The minimum absolute atomic E-state index is 0.0760. The third-order valence-corrected chi connectivity index (χ3v) is 5.05. The molecule has 6 nitrogen and oxygen atoms in total. The number of methoxy groups -OCH3 is 1. The third kappa shape index (κ3) is 2.96. The van der Waals surface area contributed by atoms with E-state index in [4.69, 9.17) is 9.15 Å². The molecule has 0 fully saturated rings. The maximum absolute atomic E-state index is 13.3. The van der Waals surface area contributed by atoms with Crippen molar-refractivity contribution in [3.63, 3.8) is 0 Å². The number of carbonyl (C=O) groups excluding carboxylic acids is 1. The fourth-order valence-electron chi connectivity index (χ4n) is 3.79. The lowest BCUT2D eigenvalue weighted by Crippen LogP contribution is -2.31. The maximum atomic E-state index is 13.3. The highest BCUT2D eigenvalue weighted by Gasteiger charge is 2.42. The molecule has 28 heavy (non-hydrogen) atoms. The van der Waals surface area contributed by atoms with E-state index in [-0.39, 0.29) is 22.8 Å². The molecule has 1 amide bonds. The Balaban J connectivity index is 1.93. The molecule has 1 N–H and O–H groups in total. The smallest absolute Gasteiger partial charge is 0.290 e. The molecule has 1 aromatic heterocycles. The van der Waals surface area contributed by atoms with Crippen molar-refractivity contribution in [2.45, 2.75) is 19.4 Å². The molecule has 0 saturated heterocycles. The highest BCUT2D eigenvalue weighted by molar-refractivity contribution is 5.99. The third-order valence-electron chi connectivity index (χ3n) is 5.05. The molecule has 2 aromatic carbocycles. The van der Waals surface area contributed by atoms with Crippen LogP contribution in [0.3, 0.4) is 0 Å². The van der Waals surface area contributed by atoms with E-state index in [1.807, 2.05) is 13.0 Å². The molecule has 1 aliphatic heterocycles. The Morgan fingerprint density at radius 1 is 1.18 bits per heavy atom. The summed E-state index contributed by atoms with van der Waals surface area (Å²) in [6.45, 7) is 2.81. The Kier molecular flexibility index (Phi) is 4.65. The fraction of sp³-hybridized carbons (Fsp3) is 0.273. The van der Waals surface area contributed by atoms with Crippen LogP contribution in [0.25, 0.3) is 11.0 Å². The van der Waals surface area contributed by atoms with Gasteiger partial charge in [0.05, 0.1) is 17.0 Å². The van der Waals surface area contributed by atoms with Gasteiger partial charge < -0.3 is 19.2 Å². The molecular weight excluding hydrogens is 358 g/mol. The van der Waals surface area contributed by atoms with Gasteiger partial charge in [0.1, 0.15) is 11.3 Å². The Morgan fingerprint density at radius 2 is 2.00 bits per heavy atom. The van der Waals surface area contributed by atoms with E-state index in [2.05, 4.69) is 0 Å². The van der Waals surface area contributed by atoms with Crippen LogP contribution in [0, 0.1) is 6.92 Å². The number of amides is 1. The van der Waals surface area contributed by atoms with Crippen molar-refractivity contribution in [2.24, 2.45) is 0 Å². The lowest BCUT2D eigenvalue weighted by molar-refractivity contribution is 0.0707. The normalized spacial score (nSPS) is 16.0. The summed E-state index contributed by atoms with van der Waals surface area (Å²) in [5.74, 6) is -0.164. The number of aryl methyl sites for hydroxylation is 1. The van der Waals surface area contributed by atoms with Gasteiger partial charge in [0.25, 0.3) is 5.91 Å². The number of nitrogens with zero attached hydrogens (tertiary/aromatic N) is 1. The van der Waals surface area contributed by atoms with E-state index in [9.17, 15) is 14.7 Å². The van der Waals surface area contributed by atoms with E-state index < -0.39 is 6.04 Å². The predicted molar refractivity (Wildman–Crippen MR) is 105 cm³/mol. The second kappa shape index (κ2) is 7.13. The second-order valence-electron chi connectivity index (χ2n) is 7.02. The first-order valence-corrected chi connectivity index (χ1v) is 9.17. The summed E-state index contributed by atoms with van der Waals surface area (Å²) >= 11 is 0. The first kappa shape index (κ1) is 18.3. The highest BCUT2D eigenvalue weighted by atomic mass is 16.5. The SMILES string of the molecule is COCCCN1C(=O)c2oc3ccc(C)cc3c(=O)c2[C@@H]1c1cccc(O)c1. The van der Waals surface area contributed by atoms with E-state index in [1.54, 1.807) is 48.4 Å². The topological polar surface area (TPSA) is 80.0 Å². The van der Waals surface area contributed by atoms with Crippen LogP contribution >= 0.6 is 0 Å². The van der Waals surface area contributed by atoms with Crippen molar-refractivity contribution >= 4 is 16.9 Å². The summed E-state index contributed by atoms with van der Waals surface area (Å²) in [6.07, 6.45) is 0.623. The molecule has 144 valence electrons. The molecule has 0 radical (unpaired) electrons. The van der Waals surface area contributed by atoms with Crippen LogP contribution in [-0.4, -0.2) is 36.2 Å². The average molecular weight is 379 g/mol. The monoisotopic (exact) mass is 379 g/mol. The summed E-state index contributed by atoms with van der Waals surface area (Å²) < 4.78 is 11.0.